The summed E-state index contributed by atoms with van der Waals surface area (Å²) in [5.41, 5.74) is 0.695. The Balaban J connectivity index is 2.56. The van der Waals surface area contributed by atoms with Gasteiger partial charge >= 0.3 is 5.97 Å². The van der Waals surface area contributed by atoms with Crippen LogP contribution >= 0.6 is 11.8 Å². The molecule has 0 aliphatic carbocycles. The normalized spacial score (nSPS) is 11.9. The highest BCUT2D eigenvalue weighted by Crippen LogP contribution is 2.19. The van der Waals surface area contributed by atoms with Crippen molar-refractivity contribution in [1.82, 2.24) is 0 Å². The number of carbonyl (C=O) groups excluding carboxylic acids is 2. The monoisotopic (exact) mass is 266 g/mol. The standard InChI is InChI=1S/C14H18O3S/c1-3-12(18-10-13(15)17-4-2)14(16)11-8-6-5-7-9-11/h5-9,12H,3-4,10H2,1-2H3. The summed E-state index contributed by atoms with van der Waals surface area (Å²) in [6.45, 7) is 4.10. The summed E-state index contributed by atoms with van der Waals surface area (Å²) in [6, 6.07) is 9.17. The van der Waals surface area contributed by atoms with Crippen molar-refractivity contribution in [3.63, 3.8) is 0 Å². The zero-order valence-electron chi connectivity index (χ0n) is 10.7. The van der Waals surface area contributed by atoms with Crippen molar-refractivity contribution in [1.29, 1.82) is 0 Å². The van der Waals surface area contributed by atoms with Crippen LogP contribution < -0.4 is 0 Å². The van der Waals surface area contributed by atoms with Gasteiger partial charge in [-0.05, 0) is 13.3 Å². The molecular weight excluding hydrogens is 248 g/mol. The Kier molecular flexibility index (Phi) is 6.50. The third kappa shape index (κ3) is 4.53. The van der Waals surface area contributed by atoms with Crippen LogP contribution in [0.1, 0.15) is 30.6 Å². The lowest BCUT2D eigenvalue weighted by molar-refractivity contribution is -0.139. The molecule has 1 atom stereocenters. The summed E-state index contributed by atoms with van der Waals surface area (Å²) in [4.78, 5) is 23.4. The van der Waals surface area contributed by atoms with Gasteiger partial charge in [-0.3, -0.25) is 9.59 Å². The number of Topliss-reactive ketones (excluding diaryl/α,β-unsaturated/α-hetero) is 1. The summed E-state index contributed by atoms with van der Waals surface area (Å²) >= 11 is 1.35. The highest BCUT2D eigenvalue weighted by Gasteiger charge is 2.19. The molecule has 1 aromatic carbocycles. The van der Waals surface area contributed by atoms with Gasteiger partial charge in [0.1, 0.15) is 0 Å². The van der Waals surface area contributed by atoms with E-state index in [1.165, 1.54) is 11.8 Å². The second-order valence-corrected chi connectivity index (χ2v) is 4.93. The summed E-state index contributed by atoms with van der Waals surface area (Å²) in [6.07, 6.45) is 0.706. The van der Waals surface area contributed by atoms with E-state index in [1.54, 1.807) is 19.1 Å². The first-order chi connectivity index (χ1) is 8.69. The number of esters is 1. The predicted molar refractivity (Wildman–Crippen MR) is 73.9 cm³/mol. The molecule has 3 nitrogen and oxygen atoms in total. The summed E-state index contributed by atoms with van der Waals surface area (Å²) in [7, 11) is 0. The Morgan fingerprint density at radius 1 is 1.22 bits per heavy atom. The molecule has 0 radical (unpaired) electrons. The van der Waals surface area contributed by atoms with E-state index in [2.05, 4.69) is 0 Å². The fourth-order valence-electron chi connectivity index (χ4n) is 1.54. The van der Waals surface area contributed by atoms with Gasteiger partial charge in [0, 0.05) is 5.56 Å². The first kappa shape index (κ1) is 14.8. The molecule has 1 aromatic rings. The van der Waals surface area contributed by atoms with E-state index in [-0.39, 0.29) is 22.8 Å². The van der Waals surface area contributed by atoms with Gasteiger partial charge in [0.15, 0.2) is 5.78 Å². The van der Waals surface area contributed by atoms with Crippen LogP contribution in [-0.4, -0.2) is 29.4 Å². The maximum absolute atomic E-state index is 12.2. The molecule has 0 spiro atoms. The molecule has 18 heavy (non-hydrogen) atoms. The maximum Gasteiger partial charge on any atom is 0.315 e. The lowest BCUT2D eigenvalue weighted by Gasteiger charge is -2.12. The first-order valence-corrected chi connectivity index (χ1v) is 7.10. The van der Waals surface area contributed by atoms with Crippen LogP contribution in [0, 0.1) is 0 Å². The van der Waals surface area contributed by atoms with Crippen molar-refractivity contribution in [3.05, 3.63) is 35.9 Å². The Morgan fingerprint density at radius 2 is 1.89 bits per heavy atom. The van der Waals surface area contributed by atoms with Crippen molar-refractivity contribution in [3.8, 4) is 0 Å². The minimum Gasteiger partial charge on any atom is -0.465 e. The minimum absolute atomic E-state index is 0.0763. The molecule has 0 saturated heterocycles. The Hall–Kier alpha value is -1.29. The van der Waals surface area contributed by atoms with E-state index in [0.717, 1.165) is 0 Å². The maximum atomic E-state index is 12.2. The lowest BCUT2D eigenvalue weighted by Crippen LogP contribution is -2.19. The number of benzene rings is 1. The predicted octanol–water partition coefficient (Wildman–Crippen LogP) is 2.94. The fraction of sp³-hybridized carbons (Fsp3) is 0.429. The molecule has 1 rings (SSSR count). The van der Waals surface area contributed by atoms with Crippen molar-refractivity contribution >= 4 is 23.5 Å². The fourth-order valence-corrected chi connectivity index (χ4v) is 2.48. The molecule has 0 aliphatic rings. The van der Waals surface area contributed by atoms with E-state index >= 15 is 0 Å². The largest absolute Gasteiger partial charge is 0.465 e. The molecule has 0 N–H and O–H groups in total. The van der Waals surface area contributed by atoms with Crippen LogP contribution in [0.15, 0.2) is 30.3 Å². The molecule has 0 aliphatic heterocycles. The number of thioether (sulfide) groups is 1. The van der Waals surface area contributed by atoms with Gasteiger partial charge in [-0.25, -0.2) is 0 Å². The molecule has 0 bridgehead atoms. The van der Waals surface area contributed by atoms with Crippen molar-refractivity contribution in [2.75, 3.05) is 12.4 Å². The zero-order valence-corrected chi connectivity index (χ0v) is 11.5. The van der Waals surface area contributed by atoms with Crippen molar-refractivity contribution in [2.24, 2.45) is 0 Å². The topological polar surface area (TPSA) is 43.4 Å². The lowest BCUT2D eigenvalue weighted by atomic mass is 10.1. The molecule has 1 unspecified atom stereocenters. The highest BCUT2D eigenvalue weighted by molar-refractivity contribution is 8.01. The Bertz CT molecular complexity index is 389. The van der Waals surface area contributed by atoms with E-state index in [9.17, 15) is 9.59 Å². The van der Waals surface area contributed by atoms with Crippen LogP contribution in [0.25, 0.3) is 0 Å². The third-order valence-electron chi connectivity index (χ3n) is 2.43. The number of carbonyl (C=O) groups is 2. The van der Waals surface area contributed by atoms with Gasteiger partial charge in [-0.1, -0.05) is 37.3 Å². The van der Waals surface area contributed by atoms with E-state index in [0.29, 0.717) is 18.6 Å². The first-order valence-electron chi connectivity index (χ1n) is 6.05. The van der Waals surface area contributed by atoms with E-state index < -0.39 is 0 Å². The van der Waals surface area contributed by atoms with Crippen LogP contribution in [0.4, 0.5) is 0 Å². The third-order valence-corrected chi connectivity index (χ3v) is 3.78. The van der Waals surface area contributed by atoms with Gasteiger partial charge in [0.05, 0.1) is 17.6 Å². The molecule has 4 heteroatoms. The number of hydrogen-bond donors (Lipinski definition) is 0. The van der Waals surface area contributed by atoms with Gasteiger partial charge in [0.2, 0.25) is 0 Å². The Labute approximate surface area is 112 Å². The summed E-state index contributed by atoms with van der Waals surface area (Å²) in [5, 5.41) is -0.184. The number of hydrogen-bond acceptors (Lipinski definition) is 4. The van der Waals surface area contributed by atoms with E-state index in [1.807, 2.05) is 25.1 Å². The van der Waals surface area contributed by atoms with Crippen LogP contribution in [0.2, 0.25) is 0 Å². The molecule has 0 aromatic heterocycles. The van der Waals surface area contributed by atoms with Crippen LogP contribution in [-0.2, 0) is 9.53 Å². The Morgan fingerprint density at radius 3 is 2.44 bits per heavy atom. The van der Waals surface area contributed by atoms with Gasteiger partial charge < -0.3 is 4.74 Å². The number of ether oxygens (including phenoxy) is 1. The molecular formula is C14H18O3S. The average Bonchev–Trinajstić information content (AvgIpc) is 2.40. The van der Waals surface area contributed by atoms with Crippen LogP contribution in [0.5, 0.6) is 0 Å². The summed E-state index contributed by atoms with van der Waals surface area (Å²) < 4.78 is 4.85. The van der Waals surface area contributed by atoms with E-state index in [4.69, 9.17) is 4.74 Å². The van der Waals surface area contributed by atoms with Crippen LogP contribution in [0.3, 0.4) is 0 Å². The molecule has 0 amide bonds. The smallest absolute Gasteiger partial charge is 0.315 e. The molecule has 0 saturated carbocycles. The molecule has 0 heterocycles. The van der Waals surface area contributed by atoms with Gasteiger partial charge in [0.25, 0.3) is 0 Å². The highest BCUT2D eigenvalue weighted by atomic mass is 32.2. The number of rotatable bonds is 7. The average molecular weight is 266 g/mol. The van der Waals surface area contributed by atoms with Crippen molar-refractivity contribution < 1.29 is 14.3 Å². The van der Waals surface area contributed by atoms with Gasteiger partial charge in [-0.15, -0.1) is 11.8 Å². The summed E-state index contributed by atoms with van der Waals surface area (Å²) in [5.74, 6) is 0.0412. The molecule has 98 valence electrons. The second-order valence-electron chi connectivity index (χ2n) is 3.74. The number of ketones is 1. The molecule has 0 fully saturated rings. The quantitative estimate of drug-likeness (QED) is 0.562. The zero-order chi connectivity index (χ0) is 13.4. The van der Waals surface area contributed by atoms with Crippen molar-refractivity contribution in [2.45, 2.75) is 25.5 Å². The minimum atomic E-state index is -0.262. The van der Waals surface area contributed by atoms with Gasteiger partial charge in [-0.2, -0.15) is 0 Å². The SMILES string of the molecule is CCOC(=O)CSC(CC)C(=O)c1ccccc1. The second kappa shape index (κ2) is 7.93.